The number of aliphatic hydroxyl groups excluding tert-OH is 1. The van der Waals surface area contributed by atoms with Crippen LogP contribution in [-0.4, -0.2) is 5.11 Å². The van der Waals surface area contributed by atoms with Crippen LogP contribution in [0, 0.1) is 0 Å². The van der Waals surface area contributed by atoms with Gasteiger partial charge < -0.3 is 9.84 Å². The maximum atomic E-state index is 9.64. The molecule has 1 N–H and O–H groups in total. The van der Waals surface area contributed by atoms with E-state index in [1.807, 2.05) is 24.3 Å². The lowest BCUT2D eigenvalue weighted by molar-refractivity contribution is -0.0563. The van der Waals surface area contributed by atoms with E-state index in [1.54, 1.807) is 6.26 Å². The molecule has 2 heteroatoms. The molecular weight excluding hydrogens is 188 g/mol. The number of aliphatic hydroxyl groups is 1. The van der Waals surface area contributed by atoms with Crippen molar-refractivity contribution >= 4 is 5.57 Å². The van der Waals surface area contributed by atoms with E-state index in [-0.39, 0.29) is 0 Å². The van der Waals surface area contributed by atoms with Crippen LogP contribution in [0.15, 0.2) is 30.5 Å². The van der Waals surface area contributed by atoms with Gasteiger partial charge in [0.1, 0.15) is 0 Å². The Bertz CT molecular complexity index is 369. The minimum atomic E-state index is -0.799. The summed E-state index contributed by atoms with van der Waals surface area (Å²) in [6.07, 6.45) is 4.23. The molecule has 0 saturated carbocycles. The van der Waals surface area contributed by atoms with Crippen molar-refractivity contribution in [3.63, 3.8) is 0 Å². The Morgan fingerprint density at radius 2 is 2.13 bits per heavy atom. The average Bonchev–Trinajstić information content (AvgIpc) is 2.29. The molecule has 0 fully saturated rings. The van der Waals surface area contributed by atoms with Crippen LogP contribution < -0.4 is 0 Å². The van der Waals surface area contributed by atoms with Gasteiger partial charge in [-0.1, -0.05) is 37.6 Å². The zero-order valence-corrected chi connectivity index (χ0v) is 8.94. The number of benzene rings is 1. The van der Waals surface area contributed by atoms with E-state index < -0.39 is 6.29 Å². The Morgan fingerprint density at radius 3 is 2.93 bits per heavy atom. The zero-order chi connectivity index (χ0) is 10.7. The number of unbranched alkanes of at least 4 members (excludes halogenated alkanes) is 1. The lowest BCUT2D eigenvalue weighted by atomic mass is 9.95. The van der Waals surface area contributed by atoms with Gasteiger partial charge >= 0.3 is 0 Å². The summed E-state index contributed by atoms with van der Waals surface area (Å²) in [5.74, 6) is 0. The largest absolute Gasteiger partial charge is 0.468 e. The van der Waals surface area contributed by atoms with Crippen LogP contribution in [0.5, 0.6) is 0 Å². The first-order chi connectivity index (χ1) is 7.33. The second-order valence-corrected chi connectivity index (χ2v) is 3.82. The van der Waals surface area contributed by atoms with Crippen LogP contribution in [-0.2, 0) is 4.74 Å². The molecule has 2 nitrogen and oxygen atoms in total. The van der Waals surface area contributed by atoms with E-state index in [2.05, 4.69) is 6.92 Å². The number of hydrogen-bond donors (Lipinski definition) is 1. The van der Waals surface area contributed by atoms with Crippen LogP contribution in [0.4, 0.5) is 0 Å². The van der Waals surface area contributed by atoms with Crippen LogP contribution in [0.3, 0.4) is 0 Å². The second kappa shape index (κ2) is 4.49. The molecule has 0 radical (unpaired) electrons. The molecule has 15 heavy (non-hydrogen) atoms. The van der Waals surface area contributed by atoms with Gasteiger partial charge in [-0.15, -0.1) is 0 Å². The summed E-state index contributed by atoms with van der Waals surface area (Å²) in [5.41, 5.74) is 3.20. The molecule has 80 valence electrons. The van der Waals surface area contributed by atoms with Gasteiger partial charge in [0.25, 0.3) is 0 Å². The smallest absolute Gasteiger partial charge is 0.223 e. The topological polar surface area (TPSA) is 29.5 Å². The molecule has 1 aromatic carbocycles. The normalized spacial score (nSPS) is 19.1. The molecule has 1 unspecified atom stereocenters. The molecule has 1 aromatic rings. The zero-order valence-electron chi connectivity index (χ0n) is 8.94. The van der Waals surface area contributed by atoms with Crippen LogP contribution in [0.2, 0.25) is 0 Å². The maximum Gasteiger partial charge on any atom is 0.223 e. The Labute approximate surface area is 90.2 Å². The van der Waals surface area contributed by atoms with Gasteiger partial charge in [-0.05, 0) is 24.0 Å². The highest BCUT2D eigenvalue weighted by Gasteiger charge is 2.19. The first kappa shape index (κ1) is 10.2. The standard InChI is InChI=1S/C13H16O2/c1-2-3-6-10-9-15-13(14)12-8-5-4-7-11(10)12/h4-5,7-9,13-14H,2-3,6H2,1H3. The quantitative estimate of drug-likeness (QED) is 0.819. The summed E-state index contributed by atoms with van der Waals surface area (Å²) < 4.78 is 5.21. The highest BCUT2D eigenvalue weighted by molar-refractivity contribution is 5.68. The number of fused-ring (bicyclic) bond motifs is 1. The van der Waals surface area contributed by atoms with Crippen molar-refractivity contribution in [1.82, 2.24) is 0 Å². The van der Waals surface area contributed by atoms with Gasteiger partial charge in [0.05, 0.1) is 6.26 Å². The maximum absolute atomic E-state index is 9.64. The molecule has 0 saturated heterocycles. The minimum Gasteiger partial charge on any atom is -0.468 e. The lowest BCUT2D eigenvalue weighted by Gasteiger charge is -2.22. The molecule has 0 aromatic heterocycles. The molecule has 1 aliphatic heterocycles. The number of allylic oxidation sites excluding steroid dienone is 1. The van der Waals surface area contributed by atoms with Gasteiger partial charge in [-0.3, -0.25) is 0 Å². The summed E-state index contributed by atoms with van der Waals surface area (Å²) in [6.45, 7) is 2.17. The fraction of sp³-hybridized carbons (Fsp3) is 0.385. The van der Waals surface area contributed by atoms with Crippen molar-refractivity contribution in [3.05, 3.63) is 41.7 Å². The highest BCUT2D eigenvalue weighted by atomic mass is 16.6. The minimum absolute atomic E-state index is 0.799. The highest BCUT2D eigenvalue weighted by Crippen LogP contribution is 2.33. The summed E-state index contributed by atoms with van der Waals surface area (Å²) >= 11 is 0. The second-order valence-electron chi connectivity index (χ2n) is 3.82. The van der Waals surface area contributed by atoms with Gasteiger partial charge in [-0.2, -0.15) is 0 Å². The van der Waals surface area contributed by atoms with E-state index in [0.717, 1.165) is 24.0 Å². The molecule has 1 heterocycles. The third kappa shape index (κ3) is 2.05. The van der Waals surface area contributed by atoms with Gasteiger partial charge in [0.2, 0.25) is 6.29 Å². The van der Waals surface area contributed by atoms with E-state index in [9.17, 15) is 5.11 Å². The molecule has 2 rings (SSSR count). The number of ether oxygens (including phenoxy) is 1. The predicted molar refractivity (Wildman–Crippen MR) is 60.0 cm³/mol. The van der Waals surface area contributed by atoms with Gasteiger partial charge in [0.15, 0.2) is 0 Å². The molecule has 1 aliphatic rings. The van der Waals surface area contributed by atoms with Crippen molar-refractivity contribution in [2.75, 3.05) is 0 Å². The first-order valence-corrected chi connectivity index (χ1v) is 5.44. The van der Waals surface area contributed by atoms with E-state index in [1.165, 1.54) is 12.0 Å². The third-order valence-electron chi connectivity index (χ3n) is 2.71. The fourth-order valence-electron chi connectivity index (χ4n) is 1.85. The van der Waals surface area contributed by atoms with Crippen molar-refractivity contribution in [2.24, 2.45) is 0 Å². The fourth-order valence-corrected chi connectivity index (χ4v) is 1.85. The first-order valence-electron chi connectivity index (χ1n) is 5.44. The Morgan fingerprint density at radius 1 is 1.33 bits per heavy atom. The summed E-state index contributed by atoms with van der Waals surface area (Å²) in [7, 11) is 0. The third-order valence-corrected chi connectivity index (χ3v) is 2.71. The van der Waals surface area contributed by atoms with Crippen LogP contribution in [0.25, 0.3) is 5.57 Å². The number of rotatable bonds is 3. The van der Waals surface area contributed by atoms with E-state index in [4.69, 9.17) is 4.74 Å². The Balaban J connectivity index is 2.28. The van der Waals surface area contributed by atoms with Crippen LogP contribution >= 0.6 is 0 Å². The molecule has 0 amide bonds. The SMILES string of the molecule is CCCCC1=COC(O)c2ccccc21. The van der Waals surface area contributed by atoms with E-state index >= 15 is 0 Å². The lowest BCUT2D eigenvalue weighted by Crippen LogP contribution is -2.08. The Kier molecular flexibility index (Phi) is 3.07. The predicted octanol–water partition coefficient (Wildman–Crippen LogP) is 3.24. The molecule has 0 spiro atoms. The molecular formula is C13H16O2. The Hall–Kier alpha value is -1.28. The van der Waals surface area contributed by atoms with E-state index in [0.29, 0.717) is 0 Å². The van der Waals surface area contributed by atoms with Crippen molar-refractivity contribution in [3.8, 4) is 0 Å². The number of hydrogen-bond acceptors (Lipinski definition) is 2. The van der Waals surface area contributed by atoms with Crippen molar-refractivity contribution in [1.29, 1.82) is 0 Å². The van der Waals surface area contributed by atoms with Gasteiger partial charge in [-0.25, -0.2) is 0 Å². The van der Waals surface area contributed by atoms with Crippen molar-refractivity contribution in [2.45, 2.75) is 32.5 Å². The summed E-state index contributed by atoms with van der Waals surface area (Å²) in [4.78, 5) is 0. The summed E-state index contributed by atoms with van der Waals surface area (Å²) in [5, 5.41) is 9.64. The molecule has 1 atom stereocenters. The molecule has 0 bridgehead atoms. The van der Waals surface area contributed by atoms with Crippen molar-refractivity contribution < 1.29 is 9.84 Å². The average molecular weight is 204 g/mol. The monoisotopic (exact) mass is 204 g/mol. The van der Waals surface area contributed by atoms with Crippen LogP contribution in [0.1, 0.15) is 43.6 Å². The van der Waals surface area contributed by atoms with Gasteiger partial charge in [0, 0.05) is 5.56 Å². The molecule has 0 aliphatic carbocycles. The summed E-state index contributed by atoms with van der Waals surface area (Å²) in [6, 6.07) is 7.88.